The average Bonchev–Trinajstić information content (AvgIpc) is 2.72. The number of piperazine rings is 1. The molecule has 3 rings (SSSR count). The first-order valence-electron chi connectivity index (χ1n) is 9.98. The van der Waals surface area contributed by atoms with Crippen LogP contribution >= 0.6 is 11.6 Å². The molecule has 2 unspecified atom stereocenters. The summed E-state index contributed by atoms with van der Waals surface area (Å²) in [5, 5.41) is 3.39. The molecule has 1 heterocycles. The number of hydrogen-bond donors (Lipinski definition) is 1. The van der Waals surface area contributed by atoms with Crippen LogP contribution in [0, 0.1) is 6.92 Å². The Morgan fingerprint density at radius 2 is 1.89 bits per heavy atom. The van der Waals surface area contributed by atoms with Gasteiger partial charge in [0.25, 0.3) is 0 Å². The molecule has 1 N–H and O–H groups in total. The van der Waals surface area contributed by atoms with E-state index >= 15 is 4.39 Å². The van der Waals surface area contributed by atoms with Gasteiger partial charge in [-0.15, -0.1) is 11.6 Å². The van der Waals surface area contributed by atoms with Crippen LogP contribution in [0.2, 0.25) is 0 Å². The highest BCUT2D eigenvalue weighted by Crippen LogP contribution is 2.35. The second kappa shape index (κ2) is 9.57. The fourth-order valence-electron chi connectivity index (χ4n) is 4.00. The minimum atomic E-state index is -1.00. The molecule has 0 saturated carbocycles. The third-order valence-electron chi connectivity index (χ3n) is 5.61. The highest BCUT2D eigenvalue weighted by Gasteiger charge is 2.21. The first-order valence-corrected chi connectivity index (χ1v) is 10.5. The number of benzene rings is 2. The zero-order valence-electron chi connectivity index (χ0n) is 16.3. The van der Waals surface area contributed by atoms with Crippen LogP contribution < -0.4 is 10.2 Å². The normalized spacial score (nSPS) is 17.0. The van der Waals surface area contributed by atoms with Gasteiger partial charge in [0.05, 0.1) is 0 Å². The van der Waals surface area contributed by atoms with Crippen LogP contribution in [0.5, 0.6) is 0 Å². The van der Waals surface area contributed by atoms with Crippen molar-refractivity contribution in [1.29, 1.82) is 0 Å². The smallest absolute Gasteiger partial charge is 0.126 e. The maximum Gasteiger partial charge on any atom is 0.126 e. The van der Waals surface area contributed by atoms with Crippen molar-refractivity contribution in [1.82, 2.24) is 5.32 Å². The zero-order chi connectivity index (χ0) is 19.2. The molecule has 0 amide bonds. The molecule has 2 atom stereocenters. The van der Waals surface area contributed by atoms with Crippen molar-refractivity contribution in [3.05, 3.63) is 64.7 Å². The SMILES string of the molecule is CCc1cc(C(F)CC(CCl)c2ccccc2C)ccc1N1CCNCC1. The molecule has 146 valence electrons. The molecule has 4 heteroatoms. The van der Waals surface area contributed by atoms with E-state index in [4.69, 9.17) is 11.6 Å². The molecule has 0 aromatic heterocycles. The summed E-state index contributed by atoms with van der Waals surface area (Å²) in [6, 6.07) is 14.3. The second-order valence-corrected chi connectivity index (χ2v) is 7.70. The zero-order valence-corrected chi connectivity index (χ0v) is 17.1. The maximum atomic E-state index is 15.2. The van der Waals surface area contributed by atoms with E-state index < -0.39 is 6.17 Å². The minimum Gasteiger partial charge on any atom is -0.369 e. The number of rotatable bonds is 7. The van der Waals surface area contributed by atoms with Crippen LogP contribution in [0.15, 0.2) is 42.5 Å². The van der Waals surface area contributed by atoms with Crippen LogP contribution in [0.1, 0.15) is 47.7 Å². The lowest BCUT2D eigenvalue weighted by molar-refractivity contribution is 0.307. The highest BCUT2D eigenvalue weighted by molar-refractivity contribution is 6.18. The molecule has 0 spiro atoms. The van der Waals surface area contributed by atoms with Gasteiger partial charge in [0.1, 0.15) is 6.17 Å². The summed E-state index contributed by atoms with van der Waals surface area (Å²) in [4.78, 5) is 2.40. The van der Waals surface area contributed by atoms with Crippen molar-refractivity contribution in [3.63, 3.8) is 0 Å². The standard InChI is InChI=1S/C23H30ClFN2/c1-3-18-14-19(8-9-23(18)27-12-10-26-11-13-27)22(25)15-20(16-24)21-7-5-4-6-17(21)2/h4-9,14,20,22,26H,3,10-13,15-16H2,1-2H3. The van der Waals surface area contributed by atoms with Crippen LogP contribution in [0.4, 0.5) is 10.1 Å². The molecule has 1 aliphatic heterocycles. The van der Waals surface area contributed by atoms with Crippen molar-refractivity contribution in [2.45, 2.75) is 38.8 Å². The van der Waals surface area contributed by atoms with Gasteiger partial charge in [-0.25, -0.2) is 4.39 Å². The molecule has 0 aliphatic carbocycles. The molecule has 1 fully saturated rings. The Hall–Kier alpha value is -1.58. The number of anilines is 1. The Labute approximate surface area is 167 Å². The summed E-state index contributed by atoms with van der Waals surface area (Å²) in [7, 11) is 0. The topological polar surface area (TPSA) is 15.3 Å². The molecule has 2 aromatic carbocycles. The monoisotopic (exact) mass is 388 g/mol. The number of halogens is 2. The van der Waals surface area contributed by atoms with E-state index in [1.165, 1.54) is 16.8 Å². The molecule has 2 nitrogen and oxygen atoms in total. The molecular formula is C23H30ClFN2. The van der Waals surface area contributed by atoms with E-state index in [9.17, 15) is 0 Å². The number of nitrogens with one attached hydrogen (secondary N) is 1. The summed E-state index contributed by atoms with van der Waals surface area (Å²) in [5.74, 6) is 0.464. The van der Waals surface area contributed by atoms with Crippen molar-refractivity contribution in [3.8, 4) is 0 Å². The Kier molecular flexibility index (Phi) is 7.14. The molecule has 27 heavy (non-hydrogen) atoms. The van der Waals surface area contributed by atoms with Crippen molar-refractivity contribution in [2.75, 3.05) is 37.0 Å². The molecule has 0 radical (unpaired) electrons. The summed E-state index contributed by atoms with van der Waals surface area (Å²) >= 11 is 6.21. The summed E-state index contributed by atoms with van der Waals surface area (Å²) in [5.41, 5.74) is 5.59. The number of nitrogens with zero attached hydrogens (tertiary/aromatic N) is 1. The van der Waals surface area contributed by atoms with Gasteiger partial charge in [0.2, 0.25) is 0 Å². The lowest BCUT2D eigenvalue weighted by atomic mass is 9.89. The summed E-state index contributed by atoms with van der Waals surface area (Å²) < 4.78 is 15.2. The molecule has 2 aromatic rings. The van der Waals surface area contributed by atoms with Crippen LogP contribution in [0.25, 0.3) is 0 Å². The third-order valence-corrected chi connectivity index (χ3v) is 5.98. The van der Waals surface area contributed by atoms with Crippen molar-refractivity contribution in [2.24, 2.45) is 0 Å². The van der Waals surface area contributed by atoms with E-state index in [0.717, 1.165) is 43.7 Å². The van der Waals surface area contributed by atoms with Gasteiger partial charge in [-0.05, 0) is 48.1 Å². The third kappa shape index (κ3) is 4.83. The summed E-state index contributed by atoms with van der Waals surface area (Å²) in [6.07, 6.45) is 0.330. The Bertz CT molecular complexity index is 743. The van der Waals surface area contributed by atoms with Crippen LogP contribution in [-0.2, 0) is 6.42 Å². The number of hydrogen-bond acceptors (Lipinski definition) is 2. The maximum absolute atomic E-state index is 15.2. The predicted octanol–water partition coefficient (Wildman–Crippen LogP) is 5.39. The minimum absolute atomic E-state index is 0.0285. The summed E-state index contributed by atoms with van der Waals surface area (Å²) in [6.45, 7) is 8.24. The predicted molar refractivity (Wildman–Crippen MR) is 114 cm³/mol. The fourth-order valence-corrected chi connectivity index (χ4v) is 4.29. The van der Waals surface area contributed by atoms with Gasteiger partial charge in [0, 0.05) is 43.7 Å². The van der Waals surface area contributed by atoms with Crippen LogP contribution in [0.3, 0.4) is 0 Å². The molecule has 1 aliphatic rings. The van der Waals surface area contributed by atoms with E-state index in [0.29, 0.717) is 12.3 Å². The molecular weight excluding hydrogens is 359 g/mol. The Morgan fingerprint density at radius 3 is 2.56 bits per heavy atom. The van der Waals surface area contributed by atoms with Gasteiger partial charge >= 0.3 is 0 Å². The van der Waals surface area contributed by atoms with E-state index in [1.807, 2.05) is 18.2 Å². The van der Waals surface area contributed by atoms with Crippen LogP contribution in [-0.4, -0.2) is 32.1 Å². The number of alkyl halides is 2. The van der Waals surface area contributed by atoms with Crippen molar-refractivity contribution >= 4 is 17.3 Å². The number of aryl methyl sites for hydroxylation is 2. The first-order chi connectivity index (χ1) is 13.1. The van der Waals surface area contributed by atoms with E-state index in [1.54, 1.807) is 0 Å². The van der Waals surface area contributed by atoms with Gasteiger partial charge in [0.15, 0.2) is 0 Å². The van der Waals surface area contributed by atoms with Crippen molar-refractivity contribution < 1.29 is 4.39 Å². The lowest BCUT2D eigenvalue weighted by Gasteiger charge is -2.31. The van der Waals surface area contributed by atoms with Gasteiger partial charge < -0.3 is 10.2 Å². The van der Waals surface area contributed by atoms with E-state index in [-0.39, 0.29) is 5.92 Å². The van der Waals surface area contributed by atoms with Gasteiger partial charge in [-0.2, -0.15) is 0 Å². The molecule has 0 bridgehead atoms. The lowest BCUT2D eigenvalue weighted by Crippen LogP contribution is -2.43. The van der Waals surface area contributed by atoms with Gasteiger partial charge in [-0.1, -0.05) is 43.3 Å². The molecule has 1 saturated heterocycles. The average molecular weight is 389 g/mol. The Morgan fingerprint density at radius 1 is 1.15 bits per heavy atom. The second-order valence-electron chi connectivity index (χ2n) is 7.39. The van der Waals surface area contributed by atoms with Gasteiger partial charge in [-0.3, -0.25) is 0 Å². The first kappa shape index (κ1) is 20.2. The van der Waals surface area contributed by atoms with E-state index in [2.05, 4.69) is 48.3 Å². The quantitative estimate of drug-likeness (QED) is 0.639. The Balaban J connectivity index is 1.77. The highest BCUT2D eigenvalue weighted by atomic mass is 35.5. The largest absolute Gasteiger partial charge is 0.369 e. The fraction of sp³-hybridized carbons (Fsp3) is 0.478.